The largest absolute Gasteiger partial charge is 0.466 e. The first kappa shape index (κ1) is 12.8. The summed E-state index contributed by atoms with van der Waals surface area (Å²) in [6.45, 7) is 10.9. The third-order valence-electron chi connectivity index (χ3n) is 1.70. The summed E-state index contributed by atoms with van der Waals surface area (Å²) in [5.41, 5.74) is -0.0594. The minimum Gasteiger partial charge on any atom is -0.466 e. The molecule has 1 aliphatic heterocycles. The molecule has 1 atom stereocenters. The molecule has 1 unspecified atom stereocenters. The van der Waals surface area contributed by atoms with Crippen LogP contribution in [0.15, 0.2) is 4.99 Å². The van der Waals surface area contributed by atoms with E-state index in [0.29, 0.717) is 6.61 Å². The fraction of sp³-hybridized carbons (Fsp3) is 0.909. The van der Waals surface area contributed by atoms with Crippen molar-refractivity contribution in [2.45, 2.75) is 52.4 Å². The minimum absolute atomic E-state index is 0.0594. The predicted octanol–water partition coefficient (Wildman–Crippen LogP) is 2.70. The van der Waals surface area contributed by atoms with E-state index in [1.807, 2.05) is 13.8 Å². The van der Waals surface area contributed by atoms with Crippen LogP contribution in [0.1, 0.15) is 34.6 Å². The summed E-state index contributed by atoms with van der Waals surface area (Å²) in [6.07, 6.45) is 0.431. The number of hydrogen-bond acceptors (Lipinski definition) is 4. The van der Waals surface area contributed by atoms with Crippen molar-refractivity contribution in [3.05, 3.63) is 0 Å². The molecular formula is C11H21NO2S. The van der Waals surface area contributed by atoms with Crippen molar-refractivity contribution in [3.63, 3.8) is 0 Å². The Morgan fingerprint density at radius 3 is 2.73 bits per heavy atom. The molecule has 1 saturated heterocycles. The van der Waals surface area contributed by atoms with Crippen LogP contribution < -0.4 is 0 Å². The number of rotatable bonds is 3. The van der Waals surface area contributed by atoms with E-state index in [0.717, 1.165) is 11.0 Å². The highest BCUT2D eigenvalue weighted by Gasteiger charge is 2.24. The highest BCUT2D eigenvalue weighted by Crippen LogP contribution is 2.23. The van der Waals surface area contributed by atoms with Gasteiger partial charge in [0.1, 0.15) is 6.10 Å². The second-order valence-electron chi connectivity index (χ2n) is 4.98. The van der Waals surface area contributed by atoms with Crippen molar-refractivity contribution in [2.24, 2.45) is 4.99 Å². The van der Waals surface area contributed by atoms with E-state index >= 15 is 0 Å². The van der Waals surface area contributed by atoms with Crippen LogP contribution in [0.4, 0.5) is 0 Å². The van der Waals surface area contributed by atoms with Gasteiger partial charge in [-0.05, 0) is 34.6 Å². The zero-order valence-electron chi connectivity index (χ0n) is 10.2. The van der Waals surface area contributed by atoms with Gasteiger partial charge in [0, 0.05) is 5.75 Å². The van der Waals surface area contributed by atoms with Crippen molar-refractivity contribution in [1.29, 1.82) is 0 Å². The highest BCUT2D eigenvalue weighted by molar-refractivity contribution is 8.13. The molecule has 1 rings (SSSR count). The first-order valence-electron chi connectivity index (χ1n) is 5.38. The second kappa shape index (κ2) is 5.21. The molecule has 0 aliphatic carbocycles. The molecule has 0 amide bonds. The first-order chi connectivity index (χ1) is 6.87. The average molecular weight is 231 g/mol. The SMILES string of the molecule is CC(C)OCC1CSC(=NC(C)(C)C)O1. The van der Waals surface area contributed by atoms with E-state index in [4.69, 9.17) is 9.47 Å². The van der Waals surface area contributed by atoms with Gasteiger partial charge in [0.15, 0.2) is 0 Å². The Kier molecular flexibility index (Phi) is 4.46. The van der Waals surface area contributed by atoms with Gasteiger partial charge in [0.25, 0.3) is 0 Å². The zero-order chi connectivity index (χ0) is 11.5. The Balaban J connectivity index is 2.36. The maximum atomic E-state index is 5.68. The van der Waals surface area contributed by atoms with E-state index in [-0.39, 0.29) is 17.7 Å². The molecule has 0 aromatic rings. The first-order valence-corrected chi connectivity index (χ1v) is 6.36. The molecule has 4 heteroatoms. The smallest absolute Gasteiger partial charge is 0.246 e. The van der Waals surface area contributed by atoms with Crippen molar-refractivity contribution in [3.8, 4) is 0 Å². The van der Waals surface area contributed by atoms with Crippen LogP contribution in [0.3, 0.4) is 0 Å². The van der Waals surface area contributed by atoms with Crippen LogP contribution in [0.5, 0.6) is 0 Å². The lowest BCUT2D eigenvalue weighted by atomic mass is 10.1. The minimum atomic E-state index is -0.0594. The topological polar surface area (TPSA) is 30.8 Å². The van der Waals surface area contributed by atoms with E-state index < -0.39 is 0 Å². The number of thioether (sulfide) groups is 1. The molecule has 3 nitrogen and oxygen atoms in total. The van der Waals surface area contributed by atoms with Crippen LogP contribution in [0, 0.1) is 0 Å². The summed E-state index contributed by atoms with van der Waals surface area (Å²) in [4.78, 5) is 4.49. The Hall–Kier alpha value is -0.220. The van der Waals surface area contributed by atoms with Crippen molar-refractivity contribution in [1.82, 2.24) is 0 Å². The van der Waals surface area contributed by atoms with Gasteiger partial charge in [-0.15, -0.1) is 0 Å². The van der Waals surface area contributed by atoms with E-state index in [1.54, 1.807) is 11.8 Å². The Morgan fingerprint density at radius 1 is 1.53 bits per heavy atom. The molecule has 1 fully saturated rings. The molecule has 0 aromatic heterocycles. The maximum Gasteiger partial charge on any atom is 0.246 e. The van der Waals surface area contributed by atoms with Gasteiger partial charge >= 0.3 is 0 Å². The summed E-state index contributed by atoms with van der Waals surface area (Å²) in [5.74, 6) is 0.946. The fourth-order valence-electron chi connectivity index (χ4n) is 1.09. The highest BCUT2D eigenvalue weighted by atomic mass is 32.2. The molecular weight excluding hydrogens is 210 g/mol. The summed E-state index contributed by atoms with van der Waals surface area (Å²) >= 11 is 1.68. The normalized spacial score (nSPS) is 24.9. The molecule has 0 bridgehead atoms. The standard InChI is InChI=1S/C11H21NO2S/c1-8(2)13-6-9-7-15-10(14-9)12-11(3,4)5/h8-9H,6-7H2,1-5H3. The molecule has 1 heterocycles. The Labute approximate surface area is 96.6 Å². The lowest BCUT2D eigenvalue weighted by molar-refractivity contribution is 0.0243. The van der Waals surface area contributed by atoms with Crippen LogP contribution in [0.25, 0.3) is 0 Å². The van der Waals surface area contributed by atoms with Crippen molar-refractivity contribution >= 4 is 17.0 Å². The summed E-state index contributed by atoms with van der Waals surface area (Å²) in [6, 6.07) is 0. The van der Waals surface area contributed by atoms with Crippen molar-refractivity contribution in [2.75, 3.05) is 12.4 Å². The number of aliphatic imine (C=N–C) groups is 1. The number of nitrogens with zero attached hydrogens (tertiary/aromatic N) is 1. The monoisotopic (exact) mass is 231 g/mol. The van der Waals surface area contributed by atoms with E-state index in [9.17, 15) is 0 Å². The predicted molar refractivity (Wildman–Crippen MR) is 65.6 cm³/mol. The third kappa shape index (κ3) is 5.42. The van der Waals surface area contributed by atoms with Gasteiger partial charge in [-0.2, -0.15) is 0 Å². The second-order valence-corrected chi connectivity index (χ2v) is 5.95. The Morgan fingerprint density at radius 2 is 2.20 bits per heavy atom. The molecule has 0 saturated carbocycles. The lowest BCUT2D eigenvalue weighted by Gasteiger charge is -2.14. The molecule has 1 aliphatic rings. The van der Waals surface area contributed by atoms with Crippen LogP contribution in [0.2, 0.25) is 0 Å². The van der Waals surface area contributed by atoms with Gasteiger partial charge in [0.2, 0.25) is 5.23 Å². The summed E-state index contributed by atoms with van der Waals surface area (Å²) in [5, 5.41) is 0.805. The molecule has 0 spiro atoms. The average Bonchev–Trinajstić information content (AvgIpc) is 2.45. The molecule has 0 radical (unpaired) electrons. The zero-order valence-corrected chi connectivity index (χ0v) is 11.1. The van der Waals surface area contributed by atoms with Crippen LogP contribution in [-0.2, 0) is 9.47 Å². The molecule has 15 heavy (non-hydrogen) atoms. The maximum absolute atomic E-state index is 5.68. The quantitative estimate of drug-likeness (QED) is 0.748. The summed E-state index contributed by atoms with van der Waals surface area (Å²) < 4.78 is 11.2. The fourth-order valence-corrected chi connectivity index (χ4v) is 2.12. The molecule has 0 N–H and O–H groups in total. The van der Waals surface area contributed by atoms with Crippen LogP contribution in [-0.4, -0.2) is 35.3 Å². The molecule has 88 valence electrons. The van der Waals surface area contributed by atoms with E-state index in [2.05, 4.69) is 25.8 Å². The van der Waals surface area contributed by atoms with Gasteiger partial charge in [0.05, 0.1) is 18.2 Å². The van der Waals surface area contributed by atoms with Gasteiger partial charge < -0.3 is 9.47 Å². The molecule has 0 aromatic carbocycles. The van der Waals surface area contributed by atoms with Crippen LogP contribution >= 0.6 is 11.8 Å². The van der Waals surface area contributed by atoms with Gasteiger partial charge in [-0.3, -0.25) is 0 Å². The number of hydrogen-bond donors (Lipinski definition) is 0. The van der Waals surface area contributed by atoms with Gasteiger partial charge in [-0.25, -0.2) is 4.99 Å². The third-order valence-corrected chi connectivity index (χ3v) is 2.68. The number of ether oxygens (including phenoxy) is 2. The van der Waals surface area contributed by atoms with E-state index in [1.165, 1.54) is 0 Å². The van der Waals surface area contributed by atoms with Crippen molar-refractivity contribution < 1.29 is 9.47 Å². The van der Waals surface area contributed by atoms with Gasteiger partial charge in [-0.1, -0.05) is 11.8 Å². The lowest BCUT2D eigenvalue weighted by Crippen LogP contribution is -2.21. The summed E-state index contributed by atoms with van der Waals surface area (Å²) in [7, 11) is 0. The Bertz CT molecular complexity index is 233.